The number of benzene rings is 1. The highest BCUT2D eigenvalue weighted by Gasteiger charge is 2.41. The lowest BCUT2D eigenvalue weighted by molar-refractivity contribution is 0.140. The summed E-state index contributed by atoms with van der Waals surface area (Å²) in [4.78, 5) is 0. The predicted molar refractivity (Wildman–Crippen MR) is 69.2 cm³/mol. The van der Waals surface area contributed by atoms with E-state index < -0.39 is 5.54 Å². The van der Waals surface area contributed by atoms with Crippen molar-refractivity contribution < 1.29 is 4.39 Å². The molecule has 2 N–H and O–H groups in total. The number of rotatable bonds is 1. The molecular weight excluding hydrogens is 213 g/mol. The van der Waals surface area contributed by atoms with Gasteiger partial charge in [-0.15, -0.1) is 0 Å². The maximum atomic E-state index is 14.0. The molecule has 1 aliphatic carbocycles. The van der Waals surface area contributed by atoms with E-state index in [1.807, 2.05) is 13.0 Å². The maximum Gasteiger partial charge on any atom is 0.128 e. The first kappa shape index (κ1) is 12.6. The van der Waals surface area contributed by atoms with E-state index in [-0.39, 0.29) is 5.82 Å². The molecule has 1 nitrogen and oxygen atoms in total. The van der Waals surface area contributed by atoms with Crippen LogP contribution in [0.15, 0.2) is 18.2 Å². The second kappa shape index (κ2) is 4.41. The van der Waals surface area contributed by atoms with E-state index in [4.69, 9.17) is 5.73 Å². The van der Waals surface area contributed by atoms with Crippen molar-refractivity contribution in [3.63, 3.8) is 0 Å². The molecule has 0 saturated heterocycles. The van der Waals surface area contributed by atoms with Crippen molar-refractivity contribution in [2.45, 2.75) is 45.6 Å². The average Bonchev–Trinajstić information content (AvgIpc) is 2.29. The van der Waals surface area contributed by atoms with Crippen LogP contribution in [-0.2, 0) is 5.54 Å². The van der Waals surface area contributed by atoms with Crippen LogP contribution < -0.4 is 5.73 Å². The highest BCUT2D eigenvalue weighted by Crippen LogP contribution is 2.43. The van der Waals surface area contributed by atoms with Crippen molar-refractivity contribution in [1.29, 1.82) is 0 Å². The minimum absolute atomic E-state index is 0.154. The summed E-state index contributed by atoms with van der Waals surface area (Å²) in [5, 5.41) is 0. The summed E-state index contributed by atoms with van der Waals surface area (Å²) >= 11 is 0. The van der Waals surface area contributed by atoms with E-state index in [1.54, 1.807) is 12.1 Å². The summed E-state index contributed by atoms with van der Waals surface area (Å²) in [5.74, 6) is 0.736. The first-order valence-electron chi connectivity index (χ1n) is 6.50. The van der Waals surface area contributed by atoms with E-state index >= 15 is 0 Å². The topological polar surface area (TPSA) is 26.0 Å². The van der Waals surface area contributed by atoms with Crippen LogP contribution in [0.4, 0.5) is 4.39 Å². The minimum Gasteiger partial charge on any atom is -0.321 e. The molecule has 1 fully saturated rings. The van der Waals surface area contributed by atoms with Crippen molar-refractivity contribution in [2.24, 2.45) is 17.6 Å². The second-order valence-electron chi connectivity index (χ2n) is 5.68. The number of halogens is 1. The predicted octanol–water partition coefficient (Wildman–Crippen LogP) is 3.74. The van der Waals surface area contributed by atoms with Gasteiger partial charge in [0.25, 0.3) is 0 Å². The second-order valence-corrected chi connectivity index (χ2v) is 5.68. The smallest absolute Gasteiger partial charge is 0.128 e. The van der Waals surface area contributed by atoms with Crippen molar-refractivity contribution in [2.75, 3.05) is 0 Å². The molecule has 2 heteroatoms. The summed E-state index contributed by atoms with van der Waals surface area (Å²) in [7, 11) is 0. The van der Waals surface area contributed by atoms with Crippen LogP contribution in [0.1, 0.15) is 44.2 Å². The van der Waals surface area contributed by atoms with Gasteiger partial charge in [0.1, 0.15) is 5.82 Å². The van der Waals surface area contributed by atoms with E-state index in [9.17, 15) is 4.39 Å². The molecule has 0 aliphatic heterocycles. The van der Waals surface area contributed by atoms with Gasteiger partial charge >= 0.3 is 0 Å². The van der Waals surface area contributed by atoms with Crippen LogP contribution in [-0.4, -0.2) is 0 Å². The lowest BCUT2D eigenvalue weighted by Crippen LogP contribution is -2.48. The molecule has 0 spiro atoms. The van der Waals surface area contributed by atoms with Crippen LogP contribution >= 0.6 is 0 Å². The Bertz CT molecular complexity index is 415. The van der Waals surface area contributed by atoms with Gasteiger partial charge in [0.15, 0.2) is 0 Å². The van der Waals surface area contributed by atoms with Gasteiger partial charge in [0.2, 0.25) is 0 Å². The summed E-state index contributed by atoms with van der Waals surface area (Å²) < 4.78 is 14.0. The summed E-state index contributed by atoms with van der Waals surface area (Å²) in [6.45, 7) is 6.37. The molecule has 3 unspecified atom stereocenters. The van der Waals surface area contributed by atoms with Gasteiger partial charge in [-0.25, -0.2) is 4.39 Å². The first-order chi connectivity index (χ1) is 7.95. The SMILES string of the molecule is Cc1ccc(F)c(C2(N)CCCC(C)C2C)c1. The molecule has 17 heavy (non-hydrogen) atoms. The number of nitrogens with two attached hydrogens (primary N) is 1. The lowest BCUT2D eigenvalue weighted by atomic mass is 9.65. The van der Waals surface area contributed by atoms with Gasteiger partial charge in [-0.2, -0.15) is 0 Å². The fourth-order valence-electron chi connectivity index (χ4n) is 3.08. The molecule has 1 aliphatic rings. The van der Waals surface area contributed by atoms with E-state index in [2.05, 4.69) is 13.8 Å². The van der Waals surface area contributed by atoms with Gasteiger partial charge in [-0.3, -0.25) is 0 Å². The minimum atomic E-state index is -0.492. The number of hydrogen-bond donors (Lipinski definition) is 1. The normalized spacial score (nSPS) is 33.7. The third-order valence-electron chi connectivity index (χ3n) is 4.54. The Morgan fingerprint density at radius 1 is 1.35 bits per heavy atom. The van der Waals surface area contributed by atoms with Crippen molar-refractivity contribution in [3.05, 3.63) is 35.1 Å². The van der Waals surface area contributed by atoms with Crippen LogP contribution in [0.25, 0.3) is 0 Å². The summed E-state index contributed by atoms with van der Waals surface area (Å²) in [5.41, 5.74) is 7.84. The summed E-state index contributed by atoms with van der Waals surface area (Å²) in [6, 6.07) is 5.27. The molecule has 0 heterocycles. The maximum absolute atomic E-state index is 14.0. The molecule has 1 aromatic rings. The van der Waals surface area contributed by atoms with E-state index in [0.717, 1.165) is 18.4 Å². The van der Waals surface area contributed by atoms with Gasteiger partial charge in [-0.1, -0.05) is 44.4 Å². The van der Waals surface area contributed by atoms with Crippen LogP contribution in [0.3, 0.4) is 0 Å². The Morgan fingerprint density at radius 2 is 2.06 bits per heavy atom. The standard InChI is InChI=1S/C15H22FN/c1-10-6-7-14(16)13(9-10)15(17)8-4-5-11(2)12(15)3/h6-7,9,11-12H,4-5,8,17H2,1-3H3. The van der Waals surface area contributed by atoms with Gasteiger partial charge in [0.05, 0.1) is 0 Å². The molecule has 94 valence electrons. The zero-order valence-corrected chi connectivity index (χ0v) is 11.0. The van der Waals surface area contributed by atoms with Gasteiger partial charge < -0.3 is 5.73 Å². The Kier molecular flexibility index (Phi) is 3.26. The fourth-order valence-corrected chi connectivity index (χ4v) is 3.08. The van der Waals surface area contributed by atoms with Crippen LogP contribution in [0.5, 0.6) is 0 Å². The van der Waals surface area contributed by atoms with E-state index in [1.165, 1.54) is 6.42 Å². The highest BCUT2D eigenvalue weighted by molar-refractivity contribution is 5.31. The van der Waals surface area contributed by atoms with Gasteiger partial charge in [0, 0.05) is 11.1 Å². The molecule has 1 saturated carbocycles. The first-order valence-corrected chi connectivity index (χ1v) is 6.50. The zero-order chi connectivity index (χ0) is 12.6. The Balaban J connectivity index is 2.46. The molecule has 2 rings (SSSR count). The summed E-state index contributed by atoms with van der Waals surface area (Å²) in [6.07, 6.45) is 3.18. The average molecular weight is 235 g/mol. The van der Waals surface area contributed by atoms with Gasteiger partial charge in [-0.05, 0) is 31.2 Å². The molecule has 0 bridgehead atoms. The van der Waals surface area contributed by atoms with Crippen LogP contribution in [0.2, 0.25) is 0 Å². The third-order valence-corrected chi connectivity index (χ3v) is 4.54. The molecular formula is C15H22FN. The molecule has 1 aromatic carbocycles. The number of aryl methyl sites for hydroxylation is 1. The molecule has 0 radical (unpaired) electrons. The monoisotopic (exact) mass is 235 g/mol. The van der Waals surface area contributed by atoms with Crippen molar-refractivity contribution in [3.8, 4) is 0 Å². The molecule has 0 aromatic heterocycles. The highest BCUT2D eigenvalue weighted by atomic mass is 19.1. The molecule has 0 amide bonds. The Hall–Kier alpha value is -0.890. The number of hydrogen-bond acceptors (Lipinski definition) is 1. The quantitative estimate of drug-likeness (QED) is 0.788. The zero-order valence-electron chi connectivity index (χ0n) is 11.0. The third kappa shape index (κ3) is 2.11. The Labute approximate surface area is 103 Å². The van der Waals surface area contributed by atoms with Crippen molar-refractivity contribution >= 4 is 0 Å². The van der Waals surface area contributed by atoms with E-state index in [0.29, 0.717) is 17.4 Å². The largest absolute Gasteiger partial charge is 0.321 e. The van der Waals surface area contributed by atoms with Crippen molar-refractivity contribution in [1.82, 2.24) is 0 Å². The molecule has 3 atom stereocenters. The van der Waals surface area contributed by atoms with Crippen LogP contribution in [0, 0.1) is 24.6 Å². The fraction of sp³-hybridized carbons (Fsp3) is 0.600. The lowest BCUT2D eigenvalue weighted by Gasteiger charge is -2.43. The Morgan fingerprint density at radius 3 is 2.76 bits per heavy atom.